The quantitative estimate of drug-likeness (QED) is 0.935. The fourth-order valence-electron chi connectivity index (χ4n) is 2.95. The van der Waals surface area contributed by atoms with Crippen molar-refractivity contribution in [3.8, 4) is 0 Å². The van der Waals surface area contributed by atoms with Crippen LogP contribution in [-0.2, 0) is 4.79 Å². The SMILES string of the molecule is CC(c1cc2ccccc2s1)N1CCCC(C(=O)O)C1. The van der Waals surface area contributed by atoms with Crippen molar-refractivity contribution in [2.75, 3.05) is 13.1 Å². The van der Waals surface area contributed by atoms with Gasteiger partial charge in [0, 0.05) is 22.2 Å². The van der Waals surface area contributed by atoms with Crippen LogP contribution in [0.25, 0.3) is 10.1 Å². The zero-order chi connectivity index (χ0) is 14.1. The van der Waals surface area contributed by atoms with Crippen molar-refractivity contribution in [3.05, 3.63) is 35.2 Å². The van der Waals surface area contributed by atoms with Crippen LogP contribution in [-0.4, -0.2) is 29.1 Å². The van der Waals surface area contributed by atoms with Crippen molar-refractivity contribution in [3.63, 3.8) is 0 Å². The van der Waals surface area contributed by atoms with Crippen molar-refractivity contribution in [2.45, 2.75) is 25.8 Å². The van der Waals surface area contributed by atoms with Crippen molar-refractivity contribution in [1.29, 1.82) is 0 Å². The number of benzene rings is 1. The van der Waals surface area contributed by atoms with Gasteiger partial charge in [-0.15, -0.1) is 11.3 Å². The van der Waals surface area contributed by atoms with E-state index in [4.69, 9.17) is 0 Å². The van der Waals surface area contributed by atoms with Gasteiger partial charge in [-0.05, 0) is 43.8 Å². The molecule has 1 aromatic carbocycles. The van der Waals surface area contributed by atoms with E-state index in [9.17, 15) is 9.90 Å². The fourth-order valence-corrected chi connectivity index (χ4v) is 4.10. The van der Waals surface area contributed by atoms with Crippen LogP contribution in [0.2, 0.25) is 0 Å². The monoisotopic (exact) mass is 289 g/mol. The number of thiophene rings is 1. The highest BCUT2D eigenvalue weighted by molar-refractivity contribution is 7.19. The Labute approximate surface area is 122 Å². The van der Waals surface area contributed by atoms with Gasteiger partial charge in [0.25, 0.3) is 0 Å². The molecule has 1 aliphatic heterocycles. The largest absolute Gasteiger partial charge is 0.481 e. The predicted molar refractivity (Wildman–Crippen MR) is 82.2 cm³/mol. The second kappa shape index (κ2) is 5.54. The zero-order valence-corrected chi connectivity index (χ0v) is 12.4. The zero-order valence-electron chi connectivity index (χ0n) is 11.6. The van der Waals surface area contributed by atoms with E-state index in [1.54, 1.807) is 0 Å². The van der Waals surface area contributed by atoms with Gasteiger partial charge in [0.2, 0.25) is 0 Å². The van der Waals surface area contributed by atoms with Gasteiger partial charge >= 0.3 is 5.97 Å². The number of aliphatic carboxylic acids is 1. The summed E-state index contributed by atoms with van der Waals surface area (Å²) in [6, 6.07) is 11.0. The number of carbonyl (C=O) groups is 1. The van der Waals surface area contributed by atoms with E-state index in [1.807, 2.05) is 11.3 Å². The molecule has 2 unspecified atom stereocenters. The van der Waals surface area contributed by atoms with E-state index in [0.29, 0.717) is 12.6 Å². The lowest BCUT2D eigenvalue weighted by molar-refractivity contribution is -0.143. The van der Waals surface area contributed by atoms with E-state index < -0.39 is 5.97 Å². The van der Waals surface area contributed by atoms with Gasteiger partial charge in [0.15, 0.2) is 0 Å². The first-order valence-corrected chi connectivity index (χ1v) is 7.92. The molecule has 0 radical (unpaired) electrons. The Hall–Kier alpha value is -1.39. The topological polar surface area (TPSA) is 40.5 Å². The third-order valence-electron chi connectivity index (χ3n) is 4.21. The minimum atomic E-state index is -0.654. The highest BCUT2D eigenvalue weighted by Gasteiger charge is 2.28. The number of rotatable bonds is 3. The second-order valence-corrected chi connectivity index (χ2v) is 6.65. The van der Waals surface area contributed by atoms with E-state index in [2.05, 4.69) is 42.2 Å². The number of nitrogens with zero attached hydrogens (tertiary/aromatic N) is 1. The molecular formula is C16H19NO2S. The maximum atomic E-state index is 11.2. The second-order valence-electron chi connectivity index (χ2n) is 5.53. The van der Waals surface area contributed by atoms with Crippen LogP contribution in [0.4, 0.5) is 0 Å². The van der Waals surface area contributed by atoms with Gasteiger partial charge in [-0.1, -0.05) is 18.2 Å². The smallest absolute Gasteiger partial charge is 0.307 e. The molecule has 2 atom stereocenters. The summed E-state index contributed by atoms with van der Waals surface area (Å²) >= 11 is 1.82. The van der Waals surface area contributed by atoms with Crippen LogP contribution in [0.15, 0.2) is 30.3 Å². The standard InChI is InChI=1S/C16H19NO2S/c1-11(17-8-4-6-13(10-17)16(18)19)15-9-12-5-2-3-7-14(12)20-15/h2-3,5,7,9,11,13H,4,6,8,10H2,1H3,(H,18,19). The maximum absolute atomic E-state index is 11.2. The molecule has 1 aliphatic rings. The average molecular weight is 289 g/mol. The third kappa shape index (κ3) is 2.58. The number of carboxylic acid groups (broad SMARTS) is 1. The Morgan fingerprint density at radius 1 is 1.45 bits per heavy atom. The molecule has 0 saturated carbocycles. The number of likely N-dealkylation sites (tertiary alicyclic amines) is 1. The van der Waals surface area contributed by atoms with Crippen LogP contribution < -0.4 is 0 Å². The molecule has 0 bridgehead atoms. The first kappa shape index (κ1) is 13.6. The van der Waals surface area contributed by atoms with Crippen LogP contribution >= 0.6 is 11.3 Å². The molecule has 3 rings (SSSR count). The van der Waals surface area contributed by atoms with E-state index in [-0.39, 0.29) is 5.92 Å². The lowest BCUT2D eigenvalue weighted by Crippen LogP contribution is -2.39. The van der Waals surface area contributed by atoms with Crippen LogP contribution in [0.1, 0.15) is 30.7 Å². The predicted octanol–water partition coefficient (Wildman–Crippen LogP) is 3.76. The number of hydrogen-bond donors (Lipinski definition) is 1. The number of hydrogen-bond acceptors (Lipinski definition) is 3. The lowest BCUT2D eigenvalue weighted by Gasteiger charge is -2.34. The summed E-state index contributed by atoms with van der Waals surface area (Å²) in [5.74, 6) is -0.862. The van der Waals surface area contributed by atoms with Gasteiger partial charge < -0.3 is 5.11 Å². The van der Waals surface area contributed by atoms with Crippen LogP contribution in [0.5, 0.6) is 0 Å². The third-order valence-corrected chi connectivity index (χ3v) is 5.49. The van der Waals surface area contributed by atoms with E-state index in [1.165, 1.54) is 15.0 Å². The number of carboxylic acids is 1. The molecule has 20 heavy (non-hydrogen) atoms. The van der Waals surface area contributed by atoms with Crippen molar-refractivity contribution < 1.29 is 9.90 Å². The van der Waals surface area contributed by atoms with Gasteiger partial charge in [0.1, 0.15) is 0 Å². The first-order chi connectivity index (χ1) is 9.65. The number of piperidine rings is 1. The van der Waals surface area contributed by atoms with E-state index >= 15 is 0 Å². The minimum Gasteiger partial charge on any atom is -0.481 e. The summed E-state index contributed by atoms with van der Waals surface area (Å²) < 4.78 is 1.31. The summed E-state index contributed by atoms with van der Waals surface area (Å²) in [7, 11) is 0. The highest BCUT2D eigenvalue weighted by atomic mass is 32.1. The van der Waals surface area contributed by atoms with Gasteiger partial charge in [-0.3, -0.25) is 9.69 Å². The molecule has 1 fully saturated rings. The molecule has 106 valence electrons. The summed E-state index contributed by atoms with van der Waals surface area (Å²) in [5, 5.41) is 10.5. The molecular weight excluding hydrogens is 270 g/mol. The van der Waals surface area contributed by atoms with Gasteiger partial charge in [-0.2, -0.15) is 0 Å². The molecule has 0 aliphatic carbocycles. The van der Waals surface area contributed by atoms with Crippen molar-refractivity contribution in [1.82, 2.24) is 4.90 Å². The van der Waals surface area contributed by atoms with Gasteiger partial charge in [0.05, 0.1) is 5.92 Å². The molecule has 2 aromatic rings. The summed E-state index contributed by atoms with van der Waals surface area (Å²) in [4.78, 5) is 14.8. The molecule has 1 aromatic heterocycles. The number of fused-ring (bicyclic) bond motifs is 1. The van der Waals surface area contributed by atoms with Crippen LogP contribution in [0.3, 0.4) is 0 Å². The Kier molecular flexibility index (Phi) is 3.76. The Morgan fingerprint density at radius 3 is 3.00 bits per heavy atom. The van der Waals surface area contributed by atoms with Crippen LogP contribution in [0, 0.1) is 5.92 Å². The summed E-state index contributed by atoms with van der Waals surface area (Å²) in [6.45, 7) is 3.86. The van der Waals surface area contributed by atoms with Gasteiger partial charge in [-0.25, -0.2) is 0 Å². The molecule has 2 heterocycles. The Morgan fingerprint density at radius 2 is 2.25 bits per heavy atom. The molecule has 4 heteroatoms. The van der Waals surface area contributed by atoms with Crippen molar-refractivity contribution in [2.24, 2.45) is 5.92 Å². The minimum absolute atomic E-state index is 0.208. The van der Waals surface area contributed by atoms with Crippen molar-refractivity contribution >= 4 is 27.4 Å². The summed E-state index contributed by atoms with van der Waals surface area (Å²) in [6.07, 6.45) is 1.79. The normalized spacial score (nSPS) is 21.9. The molecule has 1 N–H and O–H groups in total. The Bertz CT molecular complexity index is 589. The Balaban J connectivity index is 1.80. The molecule has 0 amide bonds. The summed E-state index contributed by atoms with van der Waals surface area (Å²) in [5.41, 5.74) is 0. The molecule has 0 spiro atoms. The fraction of sp³-hybridized carbons (Fsp3) is 0.438. The average Bonchev–Trinajstić information content (AvgIpc) is 2.90. The molecule has 3 nitrogen and oxygen atoms in total. The highest BCUT2D eigenvalue weighted by Crippen LogP contribution is 2.34. The first-order valence-electron chi connectivity index (χ1n) is 7.10. The lowest BCUT2D eigenvalue weighted by atomic mass is 9.97. The molecule has 1 saturated heterocycles. The van der Waals surface area contributed by atoms with E-state index in [0.717, 1.165) is 19.4 Å². The maximum Gasteiger partial charge on any atom is 0.307 e.